The van der Waals surface area contributed by atoms with E-state index in [-0.39, 0.29) is 24.8 Å². The Morgan fingerprint density at radius 1 is 0.944 bits per heavy atom. The van der Waals surface area contributed by atoms with Gasteiger partial charge in [-0.2, -0.15) is 0 Å². The van der Waals surface area contributed by atoms with E-state index in [1.807, 2.05) is 18.2 Å². The van der Waals surface area contributed by atoms with Gasteiger partial charge in [-0.15, -0.1) is 0 Å². The molecule has 98 valence electrons. The third-order valence-corrected chi connectivity index (χ3v) is 3.07. The molecule has 0 atom stereocenters. The SMILES string of the molecule is COC(=O)Cc1cc(CBr)cc(CC(=O)OC)c1. The van der Waals surface area contributed by atoms with Crippen molar-refractivity contribution in [3.8, 4) is 0 Å². The summed E-state index contributed by atoms with van der Waals surface area (Å²) in [5, 5.41) is 0.663. The molecule has 0 radical (unpaired) electrons. The molecule has 0 aliphatic heterocycles. The Labute approximate surface area is 114 Å². The van der Waals surface area contributed by atoms with Gasteiger partial charge in [0.2, 0.25) is 0 Å². The van der Waals surface area contributed by atoms with Crippen molar-refractivity contribution < 1.29 is 19.1 Å². The molecule has 18 heavy (non-hydrogen) atoms. The highest BCUT2D eigenvalue weighted by atomic mass is 79.9. The fraction of sp³-hybridized carbons (Fsp3) is 0.385. The summed E-state index contributed by atoms with van der Waals surface area (Å²) in [4.78, 5) is 22.5. The molecular formula is C13H15BrO4. The fourth-order valence-corrected chi connectivity index (χ4v) is 1.92. The number of alkyl halides is 1. The second-order valence-corrected chi connectivity index (χ2v) is 4.36. The van der Waals surface area contributed by atoms with Crippen LogP contribution in [0.3, 0.4) is 0 Å². The molecule has 1 aromatic carbocycles. The zero-order chi connectivity index (χ0) is 13.5. The van der Waals surface area contributed by atoms with Gasteiger partial charge in [-0.05, 0) is 16.7 Å². The summed E-state index contributed by atoms with van der Waals surface area (Å²) < 4.78 is 9.26. The standard InChI is InChI=1S/C13H15BrO4/c1-17-12(15)6-9-3-10(7-13(16)18-2)5-11(4-9)8-14/h3-5H,6-8H2,1-2H3. The van der Waals surface area contributed by atoms with Crippen LogP contribution in [0.15, 0.2) is 18.2 Å². The van der Waals surface area contributed by atoms with Crippen LogP contribution in [0.4, 0.5) is 0 Å². The molecule has 0 saturated heterocycles. The van der Waals surface area contributed by atoms with Crippen molar-refractivity contribution in [1.29, 1.82) is 0 Å². The van der Waals surface area contributed by atoms with Gasteiger partial charge < -0.3 is 9.47 Å². The molecule has 0 N–H and O–H groups in total. The lowest BCUT2D eigenvalue weighted by Gasteiger charge is -2.07. The number of methoxy groups -OCH3 is 2. The molecule has 0 aromatic heterocycles. The molecule has 0 aliphatic rings. The topological polar surface area (TPSA) is 52.6 Å². The van der Waals surface area contributed by atoms with Crippen molar-refractivity contribution in [2.24, 2.45) is 0 Å². The van der Waals surface area contributed by atoms with Crippen LogP contribution in [0.1, 0.15) is 16.7 Å². The van der Waals surface area contributed by atoms with Gasteiger partial charge in [0, 0.05) is 5.33 Å². The number of benzene rings is 1. The van der Waals surface area contributed by atoms with Gasteiger partial charge in [0.1, 0.15) is 0 Å². The highest BCUT2D eigenvalue weighted by Crippen LogP contribution is 2.15. The van der Waals surface area contributed by atoms with Gasteiger partial charge in [0.15, 0.2) is 0 Å². The maximum Gasteiger partial charge on any atom is 0.309 e. The monoisotopic (exact) mass is 314 g/mol. The second-order valence-electron chi connectivity index (χ2n) is 3.80. The Kier molecular flexibility index (Phi) is 5.85. The molecule has 0 fully saturated rings. The number of esters is 2. The van der Waals surface area contributed by atoms with Gasteiger partial charge in [-0.3, -0.25) is 9.59 Å². The van der Waals surface area contributed by atoms with Gasteiger partial charge in [-0.25, -0.2) is 0 Å². The highest BCUT2D eigenvalue weighted by molar-refractivity contribution is 9.08. The summed E-state index contributed by atoms with van der Waals surface area (Å²) in [6.45, 7) is 0. The second kappa shape index (κ2) is 7.16. The summed E-state index contributed by atoms with van der Waals surface area (Å²) in [5.74, 6) is -0.600. The Morgan fingerprint density at radius 2 is 1.33 bits per heavy atom. The fourth-order valence-electron chi connectivity index (χ4n) is 1.60. The average molecular weight is 315 g/mol. The third kappa shape index (κ3) is 4.49. The van der Waals surface area contributed by atoms with E-state index in [0.717, 1.165) is 16.7 Å². The Morgan fingerprint density at radius 3 is 1.67 bits per heavy atom. The molecule has 0 saturated carbocycles. The van der Waals surface area contributed by atoms with Crippen LogP contribution < -0.4 is 0 Å². The average Bonchev–Trinajstić information content (AvgIpc) is 2.37. The molecule has 0 heterocycles. The maximum absolute atomic E-state index is 11.2. The molecule has 0 aliphatic carbocycles. The van der Waals surface area contributed by atoms with Crippen LogP contribution >= 0.6 is 15.9 Å². The first-order valence-electron chi connectivity index (χ1n) is 5.40. The number of ether oxygens (including phenoxy) is 2. The lowest BCUT2D eigenvalue weighted by atomic mass is 10.0. The van der Waals surface area contributed by atoms with Crippen LogP contribution in [0.2, 0.25) is 0 Å². The van der Waals surface area contributed by atoms with E-state index < -0.39 is 0 Å². The zero-order valence-corrected chi connectivity index (χ0v) is 12.0. The van der Waals surface area contributed by atoms with Crippen molar-refractivity contribution in [3.05, 3.63) is 34.9 Å². The van der Waals surface area contributed by atoms with E-state index in [4.69, 9.17) is 0 Å². The normalized spacial score (nSPS) is 9.94. The highest BCUT2D eigenvalue weighted by Gasteiger charge is 2.09. The van der Waals surface area contributed by atoms with Gasteiger partial charge in [0.05, 0.1) is 27.1 Å². The minimum absolute atomic E-state index is 0.200. The molecule has 0 spiro atoms. The maximum atomic E-state index is 11.2. The van der Waals surface area contributed by atoms with E-state index in [1.54, 1.807) is 0 Å². The summed E-state index contributed by atoms with van der Waals surface area (Å²) in [7, 11) is 2.71. The summed E-state index contributed by atoms with van der Waals surface area (Å²) in [5.41, 5.74) is 2.67. The first kappa shape index (κ1) is 14.7. The van der Waals surface area contributed by atoms with E-state index in [2.05, 4.69) is 25.4 Å². The third-order valence-electron chi connectivity index (χ3n) is 2.42. The zero-order valence-electron chi connectivity index (χ0n) is 10.4. The van der Waals surface area contributed by atoms with Crippen LogP contribution in [0.25, 0.3) is 0 Å². The van der Waals surface area contributed by atoms with Gasteiger partial charge >= 0.3 is 11.9 Å². The van der Waals surface area contributed by atoms with Crippen LogP contribution in [0.5, 0.6) is 0 Å². The minimum Gasteiger partial charge on any atom is -0.469 e. The van der Waals surface area contributed by atoms with Crippen LogP contribution in [0, 0.1) is 0 Å². The lowest BCUT2D eigenvalue weighted by Crippen LogP contribution is -2.08. The number of halogens is 1. The van der Waals surface area contributed by atoms with Crippen molar-refractivity contribution in [3.63, 3.8) is 0 Å². The van der Waals surface area contributed by atoms with Crippen LogP contribution in [-0.2, 0) is 37.2 Å². The van der Waals surface area contributed by atoms with Crippen molar-refractivity contribution in [2.75, 3.05) is 14.2 Å². The first-order chi connectivity index (χ1) is 8.58. The van der Waals surface area contributed by atoms with Gasteiger partial charge in [0.25, 0.3) is 0 Å². The van der Waals surface area contributed by atoms with Crippen molar-refractivity contribution >= 4 is 27.9 Å². The Bertz CT molecular complexity index is 406. The van der Waals surface area contributed by atoms with Crippen molar-refractivity contribution in [2.45, 2.75) is 18.2 Å². The van der Waals surface area contributed by atoms with Crippen LogP contribution in [-0.4, -0.2) is 26.2 Å². The number of carbonyl (C=O) groups excluding carboxylic acids is 2. The molecule has 5 heteroatoms. The Hall–Kier alpha value is -1.36. The Balaban J connectivity index is 2.93. The number of hydrogen-bond donors (Lipinski definition) is 0. The molecule has 0 unspecified atom stereocenters. The molecule has 0 amide bonds. The van der Waals surface area contributed by atoms with Gasteiger partial charge in [-0.1, -0.05) is 34.1 Å². The molecular weight excluding hydrogens is 300 g/mol. The largest absolute Gasteiger partial charge is 0.469 e. The summed E-state index contributed by atoms with van der Waals surface area (Å²) in [6, 6.07) is 5.64. The van der Waals surface area contributed by atoms with Crippen molar-refractivity contribution in [1.82, 2.24) is 0 Å². The predicted molar refractivity (Wildman–Crippen MR) is 70.5 cm³/mol. The number of hydrogen-bond acceptors (Lipinski definition) is 4. The smallest absolute Gasteiger partial charge is 0.309 e. The van der Waals surface area contributed by atoms with E-state index in [1.165, 1.54) is 14.2 Å². The quantitative estimate of drug-likeness (QED) is 0.616. The number of carbonyl (C=O) groups is 2. The molecule has 1 aromatic rings. The van der Waals surface area contributed by atoms with E-state index in [0.29, 0.717) is 5.33 Å². The summed E-state index contributed by atoms with van der Waals surface area (Å²) in [6.07, 6.45) is 0.400. The molecule has 1 rings (SSSR count). The minimum atomic E-state index is -0.300. The van der Waals surface area contributed by atoms with E-state index >= 15 is 0 Å². The predicted octanol–water partition coefficient (Wildman–Crippen LogP) is 2.01. The summed E-state index contributed by atoms with van der Waals surface area (Å²) >= 11 is 3.36. The number of rotatable bonds is 5. The lowest BCUT2D eigenvalue weighted by molar-refractivity contribution is -0.140. The van der Waals surface area contributed by atoms with E-state index in [9.17, 15) is 9.59 Å². The molecule has 4 nitrogen and oxygen atoms in total. The first-order valence-corrected chi connectivity index (χ1v) is 6.52. The molecule has 0 bridgehead atoms.